The van der Waals surface area contributed by atoms with Gasteiger partial charge in [-0.3, -0.25) is 9.59 Å². The molecule has 0 spiro atoms. The number of likely N-dealkylation sites (tertiary alicyclic amines) is 1. The molecule has 0 radical (unpaired) electrons. The molecule has 7 heteroatoms. The molecule has 2 aromatic heterocycles. The zero-order valence-electron chi connectivity index (χ0n) is 13.1. The van der Waals surface area contributed by atoms with Gasteiger partial charge < -0.3 is 19.8 Å². The van der Waals surface area contributed by atoms with Crippen LogP contribution in [0.15, 0.2) is 24.4 Å². The van der Waals surface area contributed by atoms with Crippen molar-refractivity contribution in [3.8, 4) is 0 Å². The van der Waals surface area contributed by atoms with Crippen LogP contribution in [-0.2, 0) is 16.0 Å². The third-order valence-electron chi connectivity index (χ3n) is 4.21. The molecule has 1 saturated heterocycles. The zero-order valence-corrected chi connectivity index (χ0v) is 13.1. The summed E-state index contributed by atoms with van der Waals surface area (Å²) in [5.41, 5.74) is 7.01. The summed E-state index contributed by atoms with van der Waals surface area (Å²) in [6, 6.07) is 5.41. The van der Waals surface area contributed by atoms with Crippen molar-refractivity contribution in [2.75, 3.05) is 20.2 Å². The number of piperidine rings is 1. The van der Waals surface area contributed by atoms with Gasteiger partial charge in [-0.05, 0) is 25.0 Å². The highest BCUT2D eigenvalue weighted by atomic mass is 16.5. The lowest BCUT2D eigenvalue weighted by molar-refractivity contribution is -0.117. The van der Waals surface area contributed by atoms with E-state index in [1.54, 1.807) is 40.8 Å². The summed E-state index contributed by atoms with van der Waals surface area (Å²) in [6.07, 6.45) is 3.69. The maximum atomic E-state index is 12.6. The van der Waals surface area contributed by atoms with E-state index in [1.165, 1.54) is 0 Å². The second-order valence-corrected chi connectivity index (χ2v) is 5.74. The minimum atomic E-state index is -0.416. The molecule has 3 rings (SSSR count). The first-order chi connectivity index (χ1) is 11.1. The molecule has 1 aliphatic heterocycles. The number of ether oxygens (including phenoxy) is 1. The number of aromatic nitrogens is 2. The third kappa shape index (κ3) is 3.19. The summed E-state index contributed by atoms with van der Waals surface area (Å²) < 4.78 is 7.07. The van der Waals surface area contributed by atoms with Crippen molar-refractivity contribution in [2.45, 2.75) is 25.4 Å². The Balaban J connectivity index is 1.83. The normalized spacial score (nSPS) is 16.0. The second-order valence-electron chi connectivity index (χ2n) is 5.74. The molecule has 2 N–H and O–H groups in total. The van der Waals surface area contributed by atoms with Crippen LogP contribution in [0.2, 0.25) is 0 Å². The molecule has 7 nitrogen and oxygen atoms in total. The van der Waals surface area contributed by atoms with Crippen LogP contribution in [0.25, 0.3) is 5.65 Å². The largest absolute Gasteiger partial charge is 0.381 e. The van der Waals surface area contributed by atoms with E-state index in [9.17, 15) is 9.59 Å². The highest BCUT2D eigenvalue weighted by Gasteiger charge is 2.25. The number of hydrogen-bond donors (Lipinski definition) is 1. The Hall–Kier alpha value is -2.41. The number of nitrogens with two attached hydrogens (primary N) is 1. The first kappa shape index (κ1) is 15.5. The molecule has 0 unspecified atom stereocenters. The number of primary amides is 1. The van der Waals surface area contributed by atoms with Crippen molar-refractivity contribution in [1.29, 1.82) is 0 Å². The van der Waals surface area contributed by atoms with Crippen LogP contribution in [0.1, 0.15) is 29.0 Å². The van der Waals surface area contributed by atoms with Gasteiger partial charge in [0.2, 0.25) is 5.91 Å². The molecule has 0 bridgehead atoms. The Morgan fingerprint density at radius 3 is 2.74 bits per heavy atom. The van der Waals surface area contributed by atoms with E-state index in [4.69, 9.17) is 10.5 Å². The van der Waals surface area contributed by atoms with Gasteiger partial charge in [-0.15, -0.1) is 0 Å². The summed E-state index contributed by atoms with van der Waals surface area (Å²) >= 11 is 0. The Morgan fingerprint density at radius 2 is 2.09 bits per heavy atom. The van der Waals surface area contributed by atoms with Crippen molar-refractivity contribution >= 4 is 17.5 Å². The maximum Gasteiger partial charge on any atom is 0.274 e. The lowest BCUT2D eigenvalue weighted by atomic mass is 10.1. The van der Waals surface area contributed by atoms with Gasteiger partial charge in [0.25, 0.3) is 5.91 Å². The minimum absolute atomic E-state index is 0.0896. The molecule has 2 amide bonds. The number of imidazole rings is 1. The summed E-state index contributed by atoms with van der Waals surface area (Å²) in [4.78, 5) is 30.0. The second kappa shape index (κ2) is 6.37. The van der Waals surface area contributed by atoms with Crippen LogP contribution in [0.5, 0.6) is 0 Å². The molecular weight excluding hydrogens is 296 g/mol. The number of pyridine rings is 1. The van der Waals surface area contributed by atoms with Gasteiger partial charge in [0, 0.05) is 32.1 Å². The van der Waals surface area contributed by atoms with Crippen LogP contribution in [0.3, 0.4) is 0 Å². The highest BCUT2D eigenvalue weighted by molar-refractivity contribution is 5.93. The molecular formula is C16H20N4O3. The minimum Gasteiger partial charge on any atom is -0.381 e. The number of carbonyl (C=O) groups excluding carboxylic acids is 2. The van der Waals surface area contributed by atoms with Gasteiger partial charge in [0.15, 0.2) is 0 Å². The van der Waals surface area contributed by atoms with Gasteiger partial charge in [-0.25, -0.2) is 4.98 Å². The third-order valence-corrected chi connectivity index (χ3v) is 4.21. The van der Waals surface area contributed by atoms with E-state index in [2.05, 4.69) is 4.98 Å². The highest BCUT2D eigenvalue weighted by Crippen LogP contribution is 2.17. The van der Waals surface area contributed by atoms with E-state index in [1.807, 2.05) is 0 Å². The number of methoxy groups -OCH3 is 1. The Bertz CT molecular complexity index is 732. The van der Waals surface area contributed by atoms with Crippen molar-refractivity contribution in [1.82, 2.24) is 14.3 Å². The van der Waals surface area contributed by atoms with E-state index in [-0.39, 0.29) is 18.4 Å². The monoisotopic (exact) mass is 316 g/mol. The first-order valence-electron chi connectivity index (χ1n) is 7.66. The van der Waals surface area contributed by atoms with Crippen LogP contribution in [0, 0.1) is 0 Å². The Labute approximate surface area is 134 Å². The zero-order chi connectivity index (χ0) is 16.4. The number of hydrogen-bond acceptors (Lipinski definition) is 4. The van der Waals surface area contributed by atoms with Crippen LogP contribution < -0.4 is 5.73 Å². The average Bonchev–Trinajstić information content (AvgIpc) is 2.99. The van der Waals surface area contributed by atoms with Gasteiger partial charge in [0.1, 0.15) is 11.3 Å². The first-order valence-corrected chi connectivity index (χ1v) is 7.66. The SMILES string of the molecule is COC1CCN(C(=O)c2cn3c(CC(N)=O)cccc3n2)CC1. The predicted molar refractivity (Wildman–Crippen MR) is 84.0 cm³/mol. The maximum absolute atomic E-state index is 12.6. The Kier molecular flexibility index (Phi) is 4.29. The lowest BCUT2D eigenvalue weighted by Crippen LogP contribution is -2.40. The molecule has 0 aliphatic carbocycles. The number of rotatable bonds is 4. The number of amides is 2. The summed E-state index contributed by atoms with van der Waals surface area (Å²) in [5.74, 6) is -0.506. The molecule has 0 aromatic carbocycles. The number of fused-ring (bicyclic) bond motifs is 1. The molecule has 23 heavy (non-hydrogen) atoms. The standard InChI is InChI=1S/C16H20N4O3/c1-23-12-5-7-19(8-6-12)16(22)13-10-20-11(9-14(17)21)3-2-4-15(20)18-13/h2-4,10,12H,5-9H2,1H3,(H2,17,21). The fourth-order valence-corrected chi connectivity index (χ4v) is 2.95. The fraction of sp³-hybridized carbons (Fsp3) is 0.438. The molecule has 1 aliphatic rings. The molecule has 3 heterocycles. The summed E-state index contributed by atoms with van der Waals surface area (Å²) in [6.45, 7) is 1.33. The quantitative estimate of drug-likeness (QED) is 0.895. The van der Waals surface area contributed by atoms with Crippen molar-refractivity contribution in [3.63, 3.8) is 0 Å². The van der Waals surface area contributed by atoms with Crippen LogP contribution >= 0.6 is 0 Å². The van der Waals surface area contributed by atoms with Gasteiger partial charge >= 0.3 is 0 Å². The topological polar surface area (TPSA) is 89.9 Å². The molecule has 0 atom stereocenters. The van der Waals surface area contributed by atoms with E-state index >= 15 is 0 Å². The molecule has 0 saturated carbocycles. The van der Waals surface area contributed by atoms with Gasteiger partial charge in [-0.2, -0.15) is 0 Å². The van der Waals surface area contributed by atoms with Crippen LogP contribution in [0.4, 0.5) is 0 Å². The van der Waals surface area contributed by atoms with Gasteiger partial charge in [0.05, 0.1) is 12.5 Å². The van der Waals surface area contributed by atoms with Crippen LogP contribution in [-0.4, -0.2) is 52.4 Å². The Morgan fingerprint density at radius 1 is 1.35 bits per heavy atom. The number of carbonyl (C=O) groups is 2. The van der Waals surface area contributed by atoms with Gasteiger partial charge in [-0.1, -0.05) is 6.07 Å². The van der Waals surface area contributed by atoms with Crippen molar-refractivity contribution in [3.05, 3.63) is 35.8 Å². The van der Waals surface area contributed by atoms with Crippen molar-refractivity contribution in [2.24, 2.45) is 5.73 Å². The molecule has 2 aromatic rings. The lowest BCUT2D eigenvalue weighted by Gasteiger charge is -2.30. The van der Waals surface area contributed by atoms with E-state index in [0.717, 1.165) is 18.5 Å². The smallest absolute Gasteiger partial charge is 0.274 e. The predicted octanol–water partition coefficient (Wildman–Crippen LogP) is 0.613. The van der Waals surface area contributed by atoms with Crippen molar-refractivity contribution < 1.29 is 14.3 Å². The summed E-state index contributed by atoms with van der Waals surface area (Å²) in [5, 5.41) is 0. The molecule has 122 valence electrons. The average molecular weight is 316 g/mol. The molecule has 1 fully saturated rings. The van der Waals surface area contributed by atoms with E-state index < -0.39 is 5.91 Å². The van der Waals surface area contributed by atoms with E-state index in [0.29, 0.717) is 24.4 Å². The number of nitrogens with zero attached hydrogens (tertiary/aromatic N) is 3. The summed E-state index contributed by atoms with van der Waals surface area (Å²) in [7, 11) is 1.70. The fourth-order valence-electron chi connectivity index (χ4n) is 2.95.